The van der Waals surface area contributed by atoms with E-state index in [0.29, 0.717) is 6.54 Å². The molecule has 1 N–H and O–H groups in total. The van der Waals surface area contributed by atoms with Crippen molar-refractivity contribution in [1.82, 2.24) is 0 Å². The van der Waals surface area contributed by atoms with Gasteiger partial charge in [-0.05, 0) is 29.6 Å². The monoisotopic (exact) mass is 189 g/mol. The summed E-state index contributed by atoms with van der Waals surface area (Å²) in [7, 11) is 0. The number of benzene rings is 1. The average molecular weight is 189 g/mol. The van der Waals surface area contributed by atoms with Crippen LogP contribution in [0.25, 0.3) is 16.5 Å². The number of phenols is 1. The van der Waals surface area contributed by atoms with E-state index in [-0.39, 0.29) is 5.75 Å². The molecule has 0 fully saturated rings. The highest BCUT2D eigenvalue weighted by Crippen LogP contribution is 2.20. The summed E-state index contributed by atoms with van der Waals surface area (Å²) in [5.41, 5.74) is 9.80. The van der Waals surface area contributed by atoms with Crippen molar-refractivity contribution >= 4 is 6.08 Å². The molecule has 4 nitrogen and oxygen atoms in total. The highest BCUT2D eigenvalue weighted by Gasteiger charge is 1.97. The maximum atomic E-state index is 9.39. The molecule has 4 heteroatoms. The number of hydrogen-bond acceptors (Lipinski definition) is 2. The molecule has 1 aromatic carbocycles. The van der Waals surface area contributed by atoms with Crippen LogP contribution < -0.4 is 0 Å². The van der Waals surface area contributed by atoms with Gasteiger partial charge >= 0.3 is 0 Å². The summed E-state index contributed by atoms with van der Waals surface area (Å²) in [4.78, 5) is 2.63. The lowest BCUT2D eigenvalue weighted by Crippen LogP contribution is -1.80. The van der Waals surface area contributed by atoms with Crippen molar-refractivity contribution in [2.24, 2.45) is 5.11 Å². The fourth-order valence-electron chi connectivity index (χ4n) is 1.08. The number of phenolic OH excluding ortho intramolecular Hbond substituents is 1. The lowest BCUT2D eigenvalue weighted by atomic mass is 10.1. The Bertz CT molecular complexity index is 392. The summed E-state index contributed by atoms with van der Waals surface area (Å²) in [6, 6.07) is 5.30. The van der Waals surface area contributed by atoms with Gasteiger partial charge in [0.25, 0.3) is 0 Å². The highest BCUT2D eigenvalue weighted by molar-refractivity contribution is 5.57. The normalized spacial score (nSPS) is 10.1. The predicted octanol–water partition coefficient (Wildman–Crippen LogP) is 3.02. The summed E-state index contributed by atoms with van der Waals surface area (Å²) in [5, 5.41) is 12.8. The van der Waals surface area contributed by atoms with Crippen LogP contribution in [0.2, 0.25) is 0 Å². The van der Waals surface area contributed by atoms with Gasteiger partial charge in [0.05, 0.1) is 0 Å². The minimum absolute atomic E-state index is 0.274. The van der Waals surface area contributed by atoms with Crippen LogP contribution in [-0.2, 0) is 0 Å². The molecule has 0 aliphatic heterocycles. The quantitative estimate of drug-likeness (QED) is 0.443. The largest absolute Gasteiger partial charge is 0.508 e. The molecule has 1 rings (SSSR count). The first-order valence-electron chi connectivity index (χ1n) is 4.21. The summed E-state index contributed by atoms with van der Waals surface area (Å²) in [6.45, 7) is 2.16. The number of azide groups is 1. The van der Waals surface area contributed by atoms with E-state index in [9.17, 15) is 5.11 Å². The molecule has 0 atom stereocenters. The fraction of sp³-hybridized carbons (Fsp3) is 0.200. The molecule has 0 amide bonds. The number of rotatable bonds is 3. The smallest absolute Gasteiger partial charge is 0.119 e. The van der Waals surface area contributed by atoms with Crippen molar-refractivity contribution in [2.45, 2.75) is 6.92 Å². The van der Waals surface area contributed by atoms with Gasteiger partial charge in [-0.15, -0.1) is 0 Å². The van der Waals surface area contributed by atoms with Gasteiger partial charge in [0.2, 0.25) is 0 Å². The van der Waals surface area contributed by atoms with Crippen LogP contribution in [0, 0.1) is 6.92 Å². The van der Waals surface area contributed by atoms with Crippen LogP contribution in [-0.4, -0.2) is 11.7 Å². The van der Waals surface area contributed by atoms with Gasteiger partial charge in [-0.1, -0.05) is 29.4 Å². The van der Waals surface area contributed by atoms with Gasteiger partial charge in [0.15, 0.2) is 0 Å². The lowest BCUT2D eigenvalue weighted by molar-refractivity contribution is 0.471. The first kappa shape index (κ1) is 10.2. The third-order valence-electron chi connectivity index (χ3n) is 1.89. The van der Waals surface area contributed by atoms with Gasteiger partial charge in [-0.25, -0.2) is 0 Å². The van der Waals surface area contributed by atoms with E-state index in [0.717, 1.165) is 11.1 Å². The van der Waals surface area contributed by atoms with Crippen molar-refractivity contribution in [3.05, 3.63) is 45.8 Å². The molecule has 0 radical (unpaired) electrons. The predicted molar refractivity (Wildman–Crippen MR) is 55.9 cm³/mol. The topological polar surface area (TPSA) is 69.0 Å². The van der Waals surface area contributed by atoms with Crippen molar-refractivity contribution in [1.29, 1.82) is 0 Å². The van der Waals surface area contributed by atoms with Crippen LogP contribution in [0.3, 0.4) is 0 Å². The number of hydrogen-bond donors (Lipinski definition) is 1. The second-order valence-electron chi connectivity index (χ2n) is 2.81. The average Bonchev–Trinajstić information content (AvgIpc) is 2.19. The Kier molecular flexibility index (Phi) is 3.58. The SMILES string of the molecule is Cc1c(O)cccc1C=CCN=[N+]=[N-]. The van der Waals surface area contributed by atoms with Gasteiger partial charge in [0.1, 0.15) is 5.75 Å². The Morgan fingerprint density at radius 2 is 2.36 bits per heavy atom. The summed E-state index contributed by atoms with van der Waals surface area (Å²) in [5.74, 6) is 0.274. The highest BCUT2D eigenvalue weighted by atomic mass is 16.3. The minimum Gasteiger partial charge on any atom is -0.508 e. The van der Waals surface area contributed by atoms with Crippen LogP contribution in [0.1, 0.15) is 11.1 Å². The van der Waals surface area contributed by atoms with E-state index in [1.165, 1.54) is 0 Å². The summed E-state index contributed by atoms with van der Waals surface area (Å²) < 4.78 is 0. The van der Waals surface area contributed by atoms with Crippen molar-refractivity contribution in [3.8, 4) is 5.75 Å². The first-order valence-corrected chi connectivity index (χ1v) is 4.21. The van der Waals surface area contributed by atoms with E-state index in [2.05, 4.69) is 10.0 Å². The van der Waals surface area contributed by atoms with E-state index in [1.807, 2.05) is 19.1 Å². The Balaban J connectivity index is 2.81. The van der Waals surface area contributed by atoms with E-state index in [1.54, 1.807) is 18.2 Å². The molecule has 0 saturated carbocycles. The van der Waals surface area contributed by atoms with Gasteiger partial charge in [0, 0.05) is 11.5 Å². The third kappa shape index (κ3) is 2.54. The minimum atomic E-state index is 0.274. The molecular formula is C10H11N3O. The second-order valence-corrected chi connectivity index (χ2v) is 2.81. The standard InChI is InChI=1S/C10H11N3O/c1-8-9(4-2-6-10(8)14)5-3-7-12-13-11/h2-6,14H,7H2,1H3. The molecule has 14 heavy (non-hydrogen) atoms. The van der Waals surface area contributed by atoms with Crippen LogP contribution in [0.15, 0.2) is 29.4 Å². The Labute approximate surface area is 82.1 Å². The van der Waals surface area contributed by atoms with E-state index < -0.39 is 0 Å². The fourth-order valence-corrected chi connectivity index (χ4v) is 1.08. The van der Waals surface area contributed by atoms with E-state index >= 15 is 0 Å². The van der Waals surface area contributed by atoms with Crippen LogP contribution in [0.5, 0.6) is 5.75 Å². The number of aromatic hydroxyl groups is 1. The summed E-state index contributed by atoms with van der Waals surface area (Å²) in [6.07, 6.45) is 3.57. The molecule has 72 valence electrons. The molecule has 0 saturated heterocycles. The zero-order valence-electron chi connectivity index (χ0n) is 7.88. The molecule has 0 heterocycles. The maximum Gasteiger partial charge on any atom is 0.119 e. The molecule has 0 spiro atoms. The molecule has 1 aromatic rings. The van der Waals surface area contributed by atoms with Gasteiger partial charge < -0.3 is 5.11 Å². The van der Waals surface area contributed by atoms with Gasteiger partial charge in [-0.3, -0.25) is 0 Å². The van der Waals surface area contributed by atoms with Crippen LogP contribution in [0.4, 0.5) is 0 Å². The van der Waals surface area contributed by atoms with E-state index in [4.69, 9.17) is 5.53 Å². The van der Waals surface area contributed by atoms with Crippen molar-refractivity contribution in [2.75, 3.05) is 6.54 Å². The molecule has 0 bridgehead atoms. The zero-order chi connectivity index (χ0) is 10.4. The van der Waals surface area contributed by atoms with Gasteiger partial charge in [-0.2, -0.15) is 0 Å². The summed E-state index contributed by atoms with van der Waals surface area (Å²) >= 11 is 0. The molecule has 0 unspecified atom stereocenters. The molecule has 0 aliphatic carbocycles. The Morgan fingerprint density at radius 1 is 1.57 bits per heavy atom. The first-order chi connectivity index (χ1) is 6.75. The van der Waals surface area contributed by atoms with Crippen molar-refractivity contribution < 1.29 is 5.11 Å². The van der Waals surface area contributed by atoms with Crippen LogP contribution >= 0.6 is 0 Å². The number of nitrogens with zero attached hydrogens (tertiary/aromatic N) is 3. The van der Waals surface area contributed by atoms with Crippen molar-refractivity contribution in [3.63, 3.8) is 0 Å². The molecular weight excluding hydrogens is 178 g/mol. The third-order valence-corrected chi connectivity index (χ3v) is 1.89. The lowest BCUT2D eigenvalue weighted by Gasteiger charge is -2.01. The second kappa shape index (κ2) is 4.94. The Morgan fingerprint density at radius 3 is 3.07 bits per heavy atom. The zero-order valence-corrected chi connectivity index (χ0v) is 7.88. The maximum absolute atomic E-state index is 9.39. The molecule has 0 aromatic heterocycles. The molecule has 0 aliphatic rings. The Hall–Kier alpha value is -1.93.